The first-order valence-electron chi connectivity index (χ1n) is 19.3. The summed E-state index contributed by atoms with van der Waals surface area (Å²) in [5.41, 5.74) is 13.0. The van der Waals surface area contributed by atoms with Crippen LogP contribution in [0.25, 0.3) is 67.5 Å². The number of fused-ring (bicyclic) bond motifs is 1. The van der Waals surface area contributed by atoms with Crippen LogP contribution in [0.4, 0.5) is 0 Å². The molecule has 0 bridgehead atoms. The van der Waals surface area contributed by atoms with Crippen LogP contribution in [0.2, 0.25) is 0 Å². The van der Waals surface area contributed by atoms with Crippen molar-refractivity contribution in [3.05, 3.63) is 181 Å². The Morgan fingerprint density at radius 3 is 1.95 bits per heavy atom. The Bertz CT molecular complexity index is 2800. The van der Waals surface area contributed by atoms with Crippen LogP contribution in [0.15, 0.2) is 151 Å². The van der Waals surface area contributed by atoms with E-state index < -0.39 is 0 Å². The standard InChI is InChI=1S/C27H17N4.C23H24N3O.Ir/c28-18-20-9-7-14-23(17-20)27-30-29-19-31(27)26-24(21-10-3-1-4-11-21)15-8-16-25(26)22-12-5-2-6-13-22;1-14(2)18-7-6-8-19(15(3)4)22(18)26-12-11-24-23(26)17-9-10-21-20(13-17)25-16(5)27-21;/h1-13,15-17,19H;6-8,10-15H,1-5H3;/q2*-1;. The number of imidazole rings is 1. The fourth-order valence-corrected chi connectivity index (χ4v) is 7.34. The van der Waals surface area contributed by atoms with Crippen LogP contribution in [0.5, 0.6) is 0 Å². The van der Waals surface area contributed by atoms with E-state index in [9.17, 15) is 5.26 Å². The van der Waals surface area contributed by atoms with Crippen molar-refractivity contribution in [2.75, 3.05) is 0 Å². The first-order chi connectivity index (χ1) is 28.3. The Morgan fingerprint density at radius 2 is 1.32 bits per heavy atom. The van der Waals surface area contributed by atoms with Gasteiger partial charge in [-0.15, -0.1) is 58.7 Å². The zero-order chi connectivity index (χ0) is 40.2. The number of nitrogens with zero attached hydrogens (tertiary/aromatic N) is 7. The van der Waals surface area contributed by atoms with Crippen molar-refractivity contribution in [1.29, 1.82) is 5.26 Å². The van der Waals surface area contributed by atoms with Crippen LogP contribution in [0, 0.1) is 30.4 Å². The molecule has 0 aliphatic rings. The third-order valence-electron chi connectivity index (χ3n) is 10.1. The molecule has 0 atom stereocenters. The summed E-state index contributed by atoms with van der Waals surface area (Å²) in [5.74, 6) is 2.99. The third kappa shape index (κ3) is 8.33. The van der Waals surface area contributed by atoms with Crippen molar-refractivity contribution in [2.45, 2.75) is 46.5 Å². The molecule has 0 unspecified atom stereocenters. The van der Waals surface area contributed by atoms with Crippen LogP contribution in [0.1, 0.15) is 62.1 Å². The van der Waals surface area contributed by atoms with Crippen LogP contribution in [-0.4, -0.2) is 29.3 Å². The normalized spacial score (nSPS) is 10.9. The number of aryl methyl sites for hydroxylation is 1. The van der Waals surface area contributed by atoms with Crippen molar-refractivity contribution in [1.82, 2.24) is 29.3 Å². The molecule has 293 valence electrons. The molecule has 1 radical (unpaired) electrons. The van der Waals surface area contributed by atoms with Gasteiger partial charge in [-0.05, 0) is 39.7 Å². The van der Waals surface area contributed by atoms with Gasteiger partial charge in [0.05, 0.1) is 29.0 Å². The summed E-state index contributed by atoms with van der Waals surface area (Å²) in [6.45, 7) is 10.8. The quantitative estimate of drug-likeness (QED) is 0.141. The number of para-hydroxylation sites is 2. The maximum absolute atomic E-state index is 9.32. The van der Waals surface area contributed by atoms with Gasteiger partial charge in [0.2, 0.25) is 0 Å². The molecule has 3 heterocycles. The Balaban J connectivity index is 0.000000178. The van der Waals surface area contributed by atoms with E-state index in [2.05, 4.69) is 131 Å². The molecule has 0 saturated heterocycles. The second-order valence-electron chi connectivity index (χ2n) is 14.6. The average molecular weight is 948 g/mol. The van der Waals surface area contributed by atoms with Crippen molar-refractivity contribution in [3.63, 3.8) is 0 Å². The number of hydrogen-bond acceptors (Lipinski definition) is 6. The monoisotopic (exact) mass is 948 g/mol. The topological polar surface area (TPSA) is 98.3 Å². The number of rotatable bonds is 8. The van der Waals surface area contributed by atoms with Gasteiger partial charge < -0.3 is 13.6 Å². The molecule has 9 heteroatoms. The van der Waals surface area contributed by atoms with Crippen LogP contribution < -0.4 is 0 Å². The van der Waals surface area contributed by atoms with Crippen molar-refractivity contribution in [2.24, 2.45) is 0 Å². The number of oxazole rings is 1. The van der Waals surface area contributed by atoms with Crippen molar-refractivity contribution >= 4 is 11.1 Å². The molecule has 8 nitrogen and oxygen atoms in total. The van der Waals surface area contributed by atoms with Gasteiger partial charge in [0.1, 0.15) is 6.33 Å². The Kier molecular flexibility index (Phi) is 12.2. The molecule has 0 amide bonds. The predicted molar refractivity (Wildman–Crippen MR) is 230 cm³/mol. The van der Waals surface area contributed by atoms with E-state index in [4.69, 9.17) is 4.42 Å². The van der Waals surface area contributed by atoms with Crippen molar-refractivity contribution in [3.8, 4) is 62.5 Å². The molecule has 0 aliphatic heterocycles. The van der Waals surface area contributed by atoms with Gasteiger partial charge in [0, 0.05) is 61.8 Å². The molecule has 9 aromatic rings. The second kappa shape index (κ2) is 17.8. The summed E-state index contributed by atoms with van der Waals surface area (Å²) in [5, 5.41) is 17.9. The summed E-state index contributed by atoms with van der Waals surface area (Å²) in [6.07, 6.45) is 5.60. The SMILES string of the molecule is Cc1nc2cc(-c3nccn3-c3c(C(C)C)cccc3C(C)C)[c-]cc2o1.N#Cc1cc[c-]c(-c2nncn2-c2c(-c3ccccc3)cccc2-c2ccccc2)c1.[Ir]. The minimum Gasteiger partial charge on any atom is -0.488 e. The maximum Gasteiger partial charge on any atom is 0.180 e. The predicted octanol–water partition coefficient (Wildman–Crippen LogP) is 12.0. The van der Waals surface area contributed by atoms with E-state index >= 15 is 0 Å². The summed E-state index contributed by atoms with van der Waals surface area (Å²) in [7, 11) is 0. The fraction of sp³-hybridized carbons (Fsp3) is 0.140. The number of hydrogen-bond donors (Lipinski definition) is 0. The largest absolute Gasteiger partial charge is 0.488 e. The summed E-state index contributed by atoms with van der Waals surface area (Å²) in [4.78, 5) is 9.10. The minimum atomic E-state index is 0. The average Bonchev–Trinajstić information content (AvgIpc) is 4.04. The number of benzene rings is 6. The van der Waals surface area contributed by atoms with Gasteiger partial charge in [-0.1, -0.05) is 125 Å². The Morgan fingerprint density at radius 1 is 0.695 bits per heavy atom. The van der Waals surface area contributed by atoms with Gasteiger partial charge in [0.25, 0.3) is 0 Å². The molecule has 3 aromatic heterocycles. The molecule has 59 heavy (non-hydrogen) atoms. The Hall–Kier alpha value is -6.72. The van der Waals surface area contributed by atoms with E-state index in [-0.39, 0.29) is 20.1 Å². The zero-order valence-corrected chi connectivity index (χ0v) is 35.8. The summed E-state index contributed by atoms with van der Waals surface area (Å²) >= 11 is 0. The van der Waals surface area contributed by atoms with Gasteiger partial charge in [-0.25, -0.2) is 4.98 Å². The molecular weight excluding hydrogens is 907 g/mol. The van der Waals surface area contributed by atoms with Gasteiger partial charge in [0.15, 0.2) is 5.89 Å². The summed E-state index contributed by atoms with van der Waals surface area (Å²) < 4.78 is 9.76. The van der Waals surface area contributed by atoms with E-state index in [0.29, 0.717) is 29.1 Å². The molecule has 0 N–H and O–H groups in total. The molecule has 0 fully saturated rings. The number of nitriles is 1. The van der Waals surface area contributed by atoms with E-state index in [1.165, 1.54) is 16.8 Å². The molecule has 6 aromatic carbocycles. The fourth-order valence-electron chi connectivity index (χ4n) is 7.34. The molecule has 0 aliphatic carbocycles. The summed E-state index contributed by atoms with van der Waals surface area (Å²) in [6, 6.07) is 51.2. The van der Waals surface area contributed by atoms with Gasteiger partial charge >= 0.3 is 0 Å². The van der Waals surface area contributed by atoms with Gasteiger partial charge in [-0.2, -0.15) is 10.4 Å². The molecule has 0 spiro atoms. The maximum atomic E-state index is 9.32. The van der Waals surface area contributed by atoms with E-state index in [0.717, 1.165) is 56.0 Å². The smallest absolute Gasteiger partial charge is 0.180 e. The Labute approximate surface area is 358 Å². The van der Waals surface area contributed by atoms with E-state index in [1.807, 2.05) is 72.4 Å². The zero-order valence-electron chi connectivity index (χ0n) is 33.4. The first-order valence-corrected chi connectivity index (χ1v) is 19.3. The van der Waals surface area contributed by atoms with E-state index in [1.54, 1.807) is 24.5 Å². The second-order valence-corrected chi connectivity index (χ2v) is 14.6. The number of aromatic nitrogens is 6. The minimum absolute atomic E-state index is 0. The third-order valence-corrected chi connectivity index (χ3v) is 10.1. The van der Waals surface area contributed by atoms with Crippen molar-refractivity contribution < 1.29 is 24.5 Å². The molecule has 0 saturated carbocycles. The molecule has 9 rings (SSSR count). The molecular formula is C50H41IrN7O-2. The van der Waals surface area contributed by atoms with Crippen LogP contribution in [0.3, 0.4) is 0 Å². The first kappa shape index (κ1) is 40.5. The van der Waals surface area contributed by atoms with Gasteiger partial charge in [-0.3, -0.25) is 4.98 Å². The van der Waals surface area contributed by atoms with Crippen LogP contribution >= 0.6 is 0 Å². The van der Waals surface area contributed by atoms with Crippen LogP contribution in [-0.2, 0) is 20.1 Å².